The Hall–Kier alpha value is -0.530. The van der Waals surface area contributed by atoms with Crippen LogP contribution in [0.15, 0.2) is 0 Å². The third-order valence-electron chi connectivity index (χ3n) is 2.28. The molecular weight excluding hydrogens is 152 g/mol. The van der Waals surface area contributed by atoms with Gasteiger partial charge in [-0.3, -0.25) is 0 Å². The average Bonchev–Trinajstić information content (AvgIpc) is 2.00. The molecular formula is C10H20O2. The molecule has 0 radical (unpaired) electrons. The minimum absolute atomic E-state index is 0.186. The molecule has 12 heavy (non-hydrogen) atoms. The molecule has 0 saturated heterocycles. The smallest absolute Gasteiger partial charge is 0.217 e. The topological polar surface area (TPSA) is 29.9 Å². The van der Waals surface area contributed by atoms with Gasteiger partial charge >= 0.3 is 0 Å². The van der Waals surface area contributed by atoms with Crippen molar-refractivity contribution in [1.82, 2.24) is 0 Å². The van der Waals surface area contributed by atoms with Crippen LogP contribution in [0.25, 0.3) is 0 Å². The van der Waals surface area contributed by atoms with Crippen LogP contribution in [-0.4, -0.2) is 17.8 Å². The van der Waals surface area contributed by atoms with Crippen LogP contribution in [0, 0.1) is 11.3 Å². The van der Waals surface area contributed by atoms with Crippen molar-refractivity contribution in [2.24, 2.45) is 11.3 Å². The molecule has 2 nitrogen and oxygen atoms in total. The lowest BCUT2D eigenvalue weighted by molar-refractivity contribution is 0.0151. The summed E-state index contributed by atoms with van der Waals surface area (Å²) in [6, 6.07) is 0. The van der Waals surface area contributed by atoms with Crippen molar-refractivity contribution in [2.75, 3.05) is 6.61 Å². The fourth-order valence-electron chi connectivity index (χ4n) is 1.53. The van der Waals surface area contributed by atoms with Crippen molar-refractivity contribution in [3.05, 3.63) is 0 Å². The second-order valence-corrected chi connectivity index (χ2v) is 4.17. The zero-order valence-corrected chi connectivity index (χ0v) is 8.55. The Morgan fingerprint density at radius 1 is 1.50 bits per heavy atom. The standard InChI is InChI=1S/C10H20O2/c1-5-10(4,6-9(2)3)7-12-8-11/h9,12H,5-7H2,1-4H3. The Balaban J connectivity index is 3.94. The van der Waals surface area contributed by atoms with Crippen molar-refractivity contribution >= 4 is 6.47 Å². The number of rotatable bonds is 6. The van der Waals surface area contributed by atoms with Gasteiger partial charge in [-0.2, -0.15) is 0 Å². The van der Waals surface area contributed by atoms with Gasteiger partial charge in [0.15, 0.2) is 0 Å². The predicted molar refractivity (Wildman–Crippen MR) is 50.6 cm³/mol. The van der Waals surface area contributed by atoms with E-state index in [4.69, 9.17) is 0 Å². The molecule has 0 spiro atoms. The summed E-state index contributed by atoms with van der Waals surface area (Å²) in [7, 11) is 0. The average molecular weight is 172 g/mol. The molecule has 1 unspecified atom stereocenters. The molecule has 1 N–H and O–H groups in total. The summed E-state index contributed by atoms with van der Waals surface area (Å²) in [6.07, 6.45) is 2.19. The van der Waals surface area contributed by atoms with E-state index in [9.17, 15) is 4.79 Å². The van der Waals surface area contributed by atoms with Gasteiger partial charge in [-0.25, -0.2) is 4.79 Å². The molecule has 1 atom stereocenters. The van der Waals surface area contributed by atoms with Crippen LogP contribution in [0.5, 0.6) is 0 Å². The third-order valence-corrected chi connectivity index (χ3v) is 2.28. The highest BCUT2D eigenvalue weighted by Crippen LogP contribution is 2.29. The summed E-state index contributed by atoms with van der Waals surface area (Å²) in [5, 5.41) is 0. The van der Waals surface area contributed by atoms with Crippen LogP contribution >= 0.6 is 0 Å². The summed E-state index contributed by atoms with van der Waals surface area (Å²) >= 11 is 0. The zero-order valence-electron chi connectivity index (χ0n) is 8.55. The summed E-state index contributed by atoms with van der Waals surface area (Å²) in [5.41, 5.74) is 0.186. The zero-order chi connectivity index (χ0) is 9.61. The van der Waals surface area contributed by atoms with Crippen LogP contribution < -0.4 is 0 Å². The van der Waals surface area contributed by atoms with E-state index in [1.807, 2.05) is 0 Å². The molecule has 72 valence electrons. The van der Waals surface area contributed by atoms with Crippen LogP contribution in [0.1, 0.15) is 40.5 Å². The lowest BCUT2D eigenvalue weighted by Crippen LogP contribution is -2.26. The normalized spacial score (nSPS) is 15.8. The molecule has 0 fully saturated rings. The van der Waals surface area contributed by atoms with Gasteiger partial charge in [0.25, 0.3) is 0 Å². The summed E-state index contributed by atoms with van der Waals surface area (Å²) < 4.78 is 3.66. The van der Waals surface area contributed by atoms with Gasteiger partial charge in [-0.15, -0.1) is 0 Å². The molecule has 0 saturated carbocycles. The molecule has 0 aliphatic heterocycles. The Morgan fingerprint density at radius 3 is 2.42 bits per heavy atom. The first kappa shape index (κ1) is 11.5. The van der Waals surface area contributed by atoms with E-state index in [1.165, 1.54) is 0 Å². The van der Waals surface area contributed by atoms with Crippen LogP contribution in [0.2, 0.25) is 0 Å². The molecule has 0 aromatic carbocycles. The highest BCUT2D eigenvalue weighted by atomic mass is 16.5. The molecule has 2 heteroatoms. The Labute approximate surface area is 75.3 Å². The summed E-state index contributed by atoms with van der Waals surface area (Å²) in [6.45, 7) is 10.9. The van der Waals surface area contributed by atoms with E-state index in [-0.39, 0.29) is 5.41 Å². The highest BCUT2D eigenvalue weighted by molar-refractivity contribution is 5.36. The second-order valence-electron chi connectivity index (χ2n) is 4.17. The largest absolute Gasteiger partial charge is 0.717 e. The van der Waals surface area contributed by atoms with Crippen LogP contribution in [0.3, 0.4) is 0 Å². The van der Waals surface area contributed by atoms with Gasteiger partial charge < -0.3 is 4.74 Å². The van der Waals surface area contributed by atoms with Gasteiger partial charge in [-0.05, 0) is 18.8 Å². The summed E-state index contributed by atoms with van der Waals surface area (Å²) in [5.74, 6) is 0.664. The number of hydrogen-bond donors (Lipinski definition) is 0. The van der Waals surface area contributed by atoms with Crippen molar-refractivity contribution in [1.29, 1.82) is 0 Å². The maximum atomic E-state index is 9.96. The van der Waals surface area contributed by atoms with Crippen LogP contribution in [0.4, 0.5) is 0 Å². The summed E-state index contributed by atoms with van der Waals surface area (Å²) in [4.78, 5) is 9.96. The van der Waals surface area contributed by atoms with E-state index < -0.39 is 0 Å². The number of hydrogen-bond acceptors (Lipinski definition) is 1. The van der Waals surface area contributed by atoms with Crippen molar-refractivity contribution < 1.29 is 9.53 Å². The minimum atomic E-state index is 0.186. The molecule has 0 aromatic rings. The highest BCUT2D eigenvalue weighted by Gasteiger charge is 2.23. The lowest BCUT2D eigenvalue weighted by atomic mass is 9.80. The molecule has 0 aliphatic rings. The Morgan fingerprint density at radius 2 is 2.08 bits per heavy atom. The van der Waals surface area contributed by atoms with Crippen molar-refractivity contribution in [3.8, 4) is 0 Å². The van der Waals surface area contributed by atoms with E-state index in [0.717, 1.165) is 12.8 Å². The van der Waals surface area contributed by atoms with Crippen molar-refractivity contribution in [3.63, 3.8) is 0 Å². The molecule has 0 bridgehead atoms. The monoisotopic (exact) mass is 172 g/mol. The van der Waals surface area contributed by atoms with E-state index in [0.29, 0.717) is 12.5 Å². The fourth-order valence-corrected chi connectivity index (χ4v) is 1.53. The lowest BCUT2D eigenvalue weighted by Gasteiger charge is -2.30. The van der Waals surface area contributed by atoms with Gasteiger partial charge in [0.05, 0.1) is 6.61 Å². The van der Waals surface area contributed by atoms with Gasteiger partial charge in [0, 0.05) is 5.41 Å². The minimum Gasteiger partial charge on any atom is -0.717 e. The quantitative estimate of drug-likeness (QED) is 0.445. The van der Waals surface area contributed by atoms with Gasteiger partial charge in [-0.1, -0.05) is 27.7 Å². The first-order valence-electron chi connectivity index (χ1n) is 4.57. The second kappa shape index (κ2) is 5.18. The Bertz CT molecular complexity index is 132. The van der Waals surface area contributed by atoms with E-state index in [1.54, 1.807) is 6.47 Å². The molecule has 0 aromatic heterocycles. The molecule has 0 aliphatic carbocycles. The van der Waals surface area contributed by atoms with Gasteiger partial charge in [0.2, 0.25) is 6.47 Å². The number of ether oxygens (including phenoxy) is 1. The third kappa shape index (κ3) is 4.37. The SMILES string of the molecule is CCC(C)(C[OH+][C-]=O)CC(C)C. The number of aliphatic hydroxyl groups is 1. The van der Waals surface area contributed by atoms with E-state index >= 15 is 0 Å². The van der Waals surface area contributed by atoms with Gasteiger partial charge in [0.1, 0.15) is 0 Å². The molecule has 0 rings (SSSR count). The van der Waals surface area contributed by atoms with Crippen molar-refractivity contribution in [2.45, 2.75) is 40.5 Å². The Kier molecular flexibility index (Phi) is 4.95. The fraction of sp³-hybridized carbons (Fsp3) is 0.900. The first-order valence-corrected chi connectivity index (χ1v) is 4.57. The van der Waals surface area contributed by atoms with E-state index in [2.05, 4.69) is 32.4 Å². The predicted octanol–water partition coefficient (Wildman–Crippen LogP) is 2.04. The molecule has 0 heterocycles. The molecule has 0 amide bonds. The maximum Gasteiger partial charge on any atom is 0.217 e. The maximum absolute atomic E-state index is 9.96. The first-order chi connectivity index (χ1) is 5.54. The van der Waals surface area contributed by atoms with Crippen LogP contribution in [-0.2, 0) is 4.79 Å².